The van der Waals surface area contributed by atoms with Crippen LogP contribution in [0.25, 0.3) is 0 Å². The van der Waals surface area contributed by atoms with E-state index in [1.54, 1.807) is 4.90 Å². The molecule has 4 nitrogen and oxygen atoms in total. The number of ether oxygens (including phenoxy) is 2. The highest BCUT2D eigenvalue weighted by molar-refractivity contribution is 5.27. The second-order valence-corrected chi connectivity index (χ2v) is 6.67. The zero-order valence-electron chi connectivity index (χ0n) is 15.0. The van der Waals surface area contributed by atoms with Gasteiger partial charge in [0.15, 0.2) is 0 Å². The fraction of sp³-hybridized carbons (Fsp3) is 0.429. The summed E-state index contributed by atoms with van der Waals surface area (Å²) in [7, 11) is 0. The minimum absolute atomic E-state index is 0.621. The van der Waals surface area contributed by atoms with Crippen molar-refractivity contribution in [2.24, 2.45) is 0 Å². The fourth-order valence-corrected chi connectivity index (χ4v) is 3.14. The van der Waals surface area contributed by atoms with Gasteiger partial charge in [0, 0.05) is 12.0 Å². The summed E-state index contributed by atoms with van der Waals surface area (Å²) in [5, 5.41) is 2.40. The Morgan fingerprint density at radius 3 is 2.44 bits per heavy atom. The SMILES string of the molecule is c1ccc(COc2ccc(C[NH2+]CCC[NH+]3CCOCC3)cc2)cc1. The van der Waals surface area contributed by atoms with Crippen LogP contribution in [0.2, 0.25) is 0 Å². The molecule has 4 heteroatoms. The Morgan fingerprint density at radius 2 is 1.68 bits per heavy atom. The van der Waals surface area contributed by atoms with Crippen LogP contribution in [0.5, 0.6) is 5.75 Å². The van der Waals surface area contributed by atoms with Crippen molar-refractivity contribution in [2.45, 2.75) is 19.6 Å². The van der Waals surface area contributed by atoms with Crippen molar-refractivity contribution >= 4 is 0 Å². The number of hydrogen-bond acceptors (Lipinski definition) is 2. The standard InChI is InChI=1S/C21H28N2O2/c1-2-5-20(6-3-1)18-25-21-9-7-19(8-10-21)17-22-11-4-12-23-13-15-24-16-14-23/h1-3,5-10,22H,4,11-18H2/p+2. The molecule has 1 aliphatic heterocycles. The van der Waals surface area contributed by atoms with Crippen LogP contribution < -0.4 is 15.0 Å². The van der Waals surface area contributed by atoms with Crippen molar-refractivity contribution in [3.63, 3.8) is 0 Å². The number of rotatable bonds is 9. The van der Waals surface area contributed by atoms with Gasteiger partial charge in [0.25, 0.3) is 0 Å². The zero-order chi connectivity index (χ0) is 17.2. The maximum atomic E-state index is 5.83. The lowest BCUT2D eigenvalue weighted by atomic mass is 10.2. The van der Waals surface area contributed by atoms with E-state index in [1.165, 1.54) is 43.7 Å². The van der Waals surface area contributed by atoms with E-state index in [0.29, 0.717) is 6.61 Å². The molecule has 2 aromatic carbocycles. The van der Waals surface area contributed by atoms with Crippen molar-refractivity contribution in [1.29, 1.82) is 0 Å². The van der Waals surface area contributed by atoms with E-state index < -0.39 is 0 Å². The molecule has 2 aromatic rings. The van der Waals surface area contributed by atoms with E-state index in [9.17, 15) is 0 Å². The molecule has 134 valence electrons. The molecule has 0 spiro atoms. The predicted molar refractivity (Wildman–Crippen MR) is 98.7 cm³/mol. The third-order valence-corrected chi connectivity index (χ3v) is 4.69. The molecule has 1 fully saturated rings. The highest BCUT2D eigenvalue weighted by Crippen LogP contribution is 2.13. The van der Waals surface area contributed by atoms with Crippen LogP contribution in [0, 0.1) is 0 Å². The smallest absolute Gasteiger partial charge is 0.119 e. The molecule has 1 aliphatic rings. The highest BCUT2D eigenvalue weighted by atomic mass is 16.5. The van der Waals surface area contributed by atoms with Gasteiger partial charge in [-0.1, -0.05) is 30.3 Å². The van der Waals surface area contributed by atoms with E-state index in [-0.39, 0.29) is 0 Å². The lowest BCUT2D eigenvalue weighted by Crippen LogP contribution is -3.14. The predicted octanol–water partition coefficient (Wildman–Crippen LogP) is 0.634. The minimum atomic E-state index is 0.621. The molecule has 25 heavy (non-hydrogen) atoms. The van der Waals surface area contributed by atoms with Crippen LogP contribution in [0.3, 0.4) is 0 Å². The lowest BCUT2D eigenvalue weighted by molar-refractivity contribution is -0.909. The van der Waals surface area contributed by atoms with Gasteiger partial charge >= 0.3 is 0 Å². The van der Waals surface area contributed by atoms with Gasteiger partial charge < -0.3 is 19.7 Å². The summed E-state index contributed by atoms with van der Waals surface area (Å²) in [6.45, 7) is 8.32. The Morgan fingerprint density at radius 1 is 0.920 bits per heavy atom. The van der Waals surface area contributed by atoms with Crippen molar-refractivity contribution in [2.75, 3.05) is 39.4 Å². The van der Waals surface area contributed by atoms with E-state index >= 15 is 0 Å². The van der Waals surface area contributed by atoms with E-state index in [1.807, 2.05) is 18.2 Å². The maximum absolute atomic E-state index is 5.83. The summed E-state index contributed by atoms with van der Waals surface area (Å²) >= 11 is 0. The van der Waals surface area contributed by atoms with Gasteiger partial charge in [-0.25, -0.2) is 0 Å². The van der Waals surface area contributed by atoms with Gasteiger partial charge in [0.05, 0.1) is 26.3 Å². The van der Waals surface area contributed by atoms with Crippen LogP contribution in [0.15, 0.2) is 54.6 Å². The van der Waals surface area contributed by atoms with Gasteiger partial charge in [0.2, 0.25) is 0 Å². The van der Waals surface area contributed by atoms with Crippen molar-refractivity contribution in [3.05, 3.63) is 65.7 Å². The zero-order valence-corrected chi connectivity index (χ0v) is 15.0. The first-order valence-corrected chi connectivity index (χ1v) is 9.39. The number of quaternary nitrogens is 2. The summed E-state index contributed by atoms with van der Waals surface area (Å²) in [5.41, 5.74) is 2.55. The second-order valence-electron chi connectivity index (χ2n) is 6.67. The first kappa shape index (κ1) is 17.9. The first-order chi connectivity index (χ1) is 12.4. The summed E-state index contributed by atoms with van der Waals surface area (Å²) in [4.78, 5) is 1.69. The molecule has 0 amide bonds. The van der Waals surface area contributed by atoms with Crippen LogP contribution in [-0.2, 0) is 17.9 Å². The van der Waals surface area contributed by atoms with Gasteiger partial charge in [-0.05, 0) is 29.8 Å². The molecule has 3 N–H and O–H groups in total. The molecule has 0 radical (unpaired) electrons. The topological polar surface area (TPSA) is 39.5 Å². The van der Waals surface area contributed by atoms with Gasteiger partial charge in [-0.3, -0.25) is 0 Å². The third kappa shape index (κ3) is 6.50. The van der Waals surface area contributed by atoms with Crippen LogP contribution >= 0.6 is 0 Å². The molecule has 0 aromatic heterocycles. The number of hydrogen-bond donors (Lipinski definition) is 2. The monoisotopic (exact) mass is 342 g/mol. The summed E-state index contributed by atoms with van der Waals surface area (Å²) in [6, 6.07) is 18.8. The van der Waals surface area contributed by atoms with E-state index in [0.717, 1.165) is 25.5 Å². The van der Waals surface area contributed by atoms with E-state index in [4.69, 9.17) is 9.47 Å². The van der Waals surface area contributed by atoms with Crippen molar-refractivity contribution < 1.29 is 19.7 Å². The van der Waals surface area contributed by atoms with Crippen molar-refractivity contribution in [3.8, 4) is 5.75 Å². The molecule has 1 saturated heterocycles. The molecule has 0 aliphatic carbocycles. The van der Waals surface area contributed by atoms with Gasteiger partial charge in [-0.2, -0.15) is 0 Å². The molecule has 0 saturated carbocycles. The molecule has 0 atom stereocenters. The summed E-state index contributed by atoms with van der Waals surface area (Å²) in [5.74, 6) is 0.934. The summed E-state index contributed by atoms with van der Waals surface area (Å²) < 4.78 is 11.2. The Labute approximate surface area is 150 Å². The fourth-order valence-electron chi connectivity index (χ4n) is 3.14. The third-order valence-electron chi connectivity index (χ3n) is 4.69. The number of benzene rings is 2. The molecule has 3 rings (SSSR count). The Bertz CT molecular complexity index is 595. The lowest BCUT2D eigenvalue weighted by Gasteiger charge is -2.23. The summed E-state index contributed by atoms with van der Waals surface area (Å²) in [6.07, 6.45) is 1.27. The minimum Gasteiger partial charge on any atom is -0.489 e. The molecule has 1 heterocycles. The normalized spacial score (nSPS) is 15.2. The molecular weight excluding hydrogens is 312 g/mol. The van der Waals surface area contributed by atoms with Gasteiger partial charge in [0.1, 0.15) is 32.0 Å². The first-order valence-electron chi connectivity index (χ1n) is 9.39. The number of nitrogens with one attached hydrogen (secondary N) is 1. The van der Waals surface area contributed by atoms with Crippen LogP contribution in [-0.4, -0.2) is 39.4 Å². The molecule has 0 bridgehead atoms. The Hall–Kier alpha value is -1.88. The number of nitrogens with two attached hydrogens (primary N) is 1. The highest BCUT2D eigenvalue weighted by Gasteiger charge is 2.12. The van der Waals surface area contributed by atoms with Crippen LogP contribution in [0.1, 0.15) is 17.5 Å². The quantitative estimate of drug-likeness (QED) is 0.657. The molecular formula is C21H30N2O2+2. The Balaban J connectivity index is 1.30. The maximum Gasteiger partial charge on any atom is 0.119 e. The average molecular weight is 342 g/mol. The van der Waals surface area contributed by atoms with Crippen LogP contribution in [0.4, 0.5) is 0 Å². The van der Waals surface area contributed by atoms with Crippen molar-refractivity contribution in [1.82, 2.24) is 0 Å². The number of morpholine rings is 1. The van der Waals surface area contributed by atoms with Gasteiger partial charge in [-0.15, -0.1) is 0 Å². The second kappa shape index (κ2) is 10.2. The average Bonchev–Trinajstić information content (AvgIpc) is 2.69. The van der Waals surface area contributed by atoms with E-state index in [2.05, 4.69) is 41.7 Å². The molecule has 0 unspecified atom stereocenters. The Kier molecular flexibility index (Phi) is 7.31. The largest absolute Gasteiger partial charge is 0.489 e.